The van der Waals surface area contributed by atoms with Gasteiger partial charge in [0.2, 0.25) is 5.91 Å². The fourth-order valence-electron chi connectivity index (χ4n) is 1.95. The van der Waals surface area contributed by atoms with Gasteiger partial charge in [-0.2, -0.15) is 0 Å². The standard InChI is InChI=1S/C10H10N6O3/c11-14-13-5-7-3-10(17)15(6-7)9-4-8(16(18)19)1-2-12-9/h1-2,4,7H,3,5-6H2. The Balaban J connectivity index is 2.18. The summed E-state index contributed by atoms with van der Waals surface area (Å²) in [6, 6.07) is 2.52. The van der Waals surface area contributed by atoms with Crippen LogP contribution in [0.4, 0.5) is 11.5 Å². The summed E-state index contributed by atoms with van der Waals surface area (Å²) in [7, 11) is 0. The Morgan fingerprint density at radius 3 is 3.16 bits per heavy atom. The molecule has 0 bridgehead atoms. The number of aromatic nitrogens is 1. The SMILES string of the molecule is [N-]=[N+]=NCC1CC(=O)N(c2cc([N+](=O)[O-])ccn2)C1. The number of carbonyl (C=O) groups is 1. The van der Waals surface area contributed by atoms with Crippen molar-refractivity contribution in [2.75, 3.05) is 18.0 Å². The molecule has 0 aromatic carbocycles. The van der Waals surface area contributed by atoms with E-state index in [1.54, 1.807) is 0 Å². The van der Waals surface area contributed by atoms with Gasteiger partial charge in [0.25, 0.3) is 5.69 Å². The Morgan fingerprint density at radius 2 is 2.47 bits per heavy atom. The van der Waals surface area contributed by atoms with Crippen molar-refractivity contribution in [2.45, 2.75) is 6.42 Å². The highest BCUT2D eigenvalue weighted by Crippen LogP contribution is 2.26. The molecule has 0 radical (unpaired) electrons. The average Bonchev–Trinajstić information content (AvgIpc) is 2.77. The number of carbonyl (C=O) groups excluding carboxylic acids is 1. The van der Waals surface area contributed by atoms with E-state index in [2.05, 4.69) is 15.0 Å². The highest BCUT2D eigenvalue weighted by atomic mass is 16.6. The number of anilines is 1. The third kappa shape index (κ3) is 2.78. The zero-order valence-electron chi connectivity index (χ0n) is 9.84. The summed E-state index contributed by atoms with van der Waals surface area (Å²) in [5.74, 6) is -0.00163. The van der Waals surface area contributed by atoms with E-state index in [-0.39, 0.29) is 36.3 Å². The third-order valence-corrected chi connectivity index (χ3v) is 2.82. The van der Waals surface area contributed by atoms with Crippen LogP contribution in [0.1, 0.15) is 6.42 Å². The molecule has 1 aromatic heterocycles. The van der Waals surface area contributed by atoms with Crippen LogP contribution in [0, 0.1) is 16.0 Å². The summed E-state index contributed by atoms with van der Waals surface area (Å²) >= 11 is 0. The Morgan fingerprint density at radius 1 is 1.68 bits per heavy atom. The second kappa shape index (κ2) is 5.32. The van der Waals surface area contributed by atoms with Crippen molar-refractivity contribution in [3.05, 3.63) is 38.9 Å². The lowest BCUT2D eigenvalue weighted by Gasteiger charge is -2.14. The molecule has 1 fully saturated rings. The summed E-state index contributed by atoms with van der Waals surface area (Å²) < 4.78 is 0. The van der Waals surface area contributed by atoms with Crippen molar-refractivity contribution in [2.24, 2.45) is 11.0 Å². The number of nitro groups is 1. The maximum Gasteiger partial charge on any atom is 0.274 e. The van der Waals surface area contributed by atoms with E-state index >= 15 is 0 Å². The normalized spacial score (nSPS) is 18.2. The molecule has 0 aliphatic carbocycles. The lowest BCUT2D eigenvalue weighted by molar-refractivity contribution is -0.384. The number of azide groups is 1. The third-order valence-electron chi connectivity index (χ3n) is 2.82. The fraction of sp³-hybridized carbons (Fsp3) is 0.400. The first-order valence-corrected chi connectivity index (χ1v) is 5.53. The molecule has 0 N–H and O–H groups in total. The molecule has 9 nitrogen and oxygen atoms in total. The monoisotopic (exact) mass is 262 g/mol. The molecule has 19 heavy (non-hydrogen) atoms. The Kier molecular flexibility index (Phi) is 3.58. The largest absolute Gasteiger partial charge is 0.296 e. The summed E-state index contributed by atoms with van der Waals surface area (Å²) in [4.78, 5) is 29.9. The maximum atomic E-state index is 11.8. The van der Waals surface area contributed by atoms with Crippen LogP contribution >= 0.6 is 0 Å². The lowest BCUT2D eigenvalue weighted by atomic mass is 10.1. The van der Waals surface area contributed by atoms with Gasteiger partial charge in [0.05, 0.1) is 11.0 Å². The Hall–Kier alpha value is -2.67. The van der Waals surface area contributed by atoms with Crippen molar-refractivity contribution in [1.82, 2.24) is 4.98 Å². The quantitative estimate of drug-likeness (QED) is 0.269. The predicted octanol–water partition coefficient (Wildman–Crippen LogP) is 1.65. The van der Waals surface area contributed by atoms with Gasteiger partial charge in [-0.15, -0.1) is 0 Å². The van der Waals surface area contributed by atoms with E-state index in [1.807, 2.05) is 0 Å². The number of amides is 1. The first kappa shape index (κ1) is 12.8. The molecule has 2 heterocycles. The molecular weight excluding hydrogens is 252 g/mol. The van der Waals surface area contributed by atoms with Crippen molar-refractivity contribution < 1.29 is 9.72 Å². The van der Waals surface area contributed by atoms with Gasteiger partial charge in [0, 0.05) is 36.7 Å². The molecule has 98 valence electrons. The van der Waals surface area contributed by atoms with E-state index in [1.165, 1.54) is 23.2 Å². The van der Waals surface area contributed by atoms with Crippen LogP contribution in [-0.4, -0.2) is 28.9 Å². The van der Waals surface area contributed by atoms with Gasteiger partial charge < -0.3 is 0 Å². The summed E-state index contributed by atoms with van der Waals surface area (Å²) in [5.41, 5.74) is 8.13. The summed E-state index contributed by atoms with van der Waals surface area (Å²) in [6.45, 7) is 0.583. The van der Waals surface area contributed by atoms with Crippen molar-refractivity contribution in [1.29, 1.82) is 0 Å². The molecule has 9 heteroatoms. The zero-order valence-corrected chi connectivity index (χ0v) is 9.84. The van der Waals surface area contributed by atoms with E-state index in [4.69, 9.17) is 5.53 Å². The second-order valence-corrected chi connectivity index (χ2v) is 4.12. The van der Waals surface area contributed by atoms with E-state index in [9.17, 15) is 14.9 Å². The lowest BCUT2D eigenvalue weighted by Crippen LogP contribution is -2.25. The highest BCUT2D eigenvalue weighted by molar-refractivity contribution is 5.95. The molecule has 1 aliphatic heterocycles. The second-order valence-electron chi connectivity index (χ2n) is 4.12. The van der Waals surface area contributed by atoms with Crippen LogP contribution in [0.15, 0.2) is 23.4 Å². The van der Waals surface area contributed by atoms with Crippen LogP contribution in [0.25, 0.3) is 10.4 Å². The first-order chi connectivity index (χ1) is 9.11. The minimum Gasteiger partial charge on any atom is -0.296 e. The Bertz CT molecular complexity index is 568. The van der Waals surface area contributed by atoms with Crippen molar-refractivity contribution in [3.8, 4) is 0 Å². The molecule has 1 aliphatic rings. The van der Waals surface area contributed by atoms with Gasteiger partial charge in [0.15, 0.2) is 0 Å². The predicted molar refractivity (Wildman–Crippen MR) is 65.4 cm³/mol. The number of pyridine rings is 1. The first-order valence-electron chi connectivity index (χ1n) is 5.53. The van der Waals surface area contributed by atoms with Crippen molar-refractivity contribution in [3.63, 3.8) is 0 Å². The number of hydrogen-bond acceptors (Lipinski definition) is 5. The number of rotatable bonds is 4. The molecule has 0 spiro atoms. The van der Waals surface area contributed by atoms with Crippen LogP contribution < -0.4 is 4.90 Å². The minimum absolute atomic E-state index is 0.0792. The Labute approximate surface area is 107 Å². The topological polar surface area (TPSA) is 125 Å². The molecular formula is C10H10N6O3. The minimum atomic E-state index is -0.539. The van der Waals surface area contributed by atoms with Crippen LogP contribution in [0.5, 0.6) is 0 Å². The summed E-state index contributed by atoms with van der Waals surface area (Å²) in [5, 5.41) is 14.1. The maximum absolute atomic E-state index is 11.8. The van der Waals surface area contributed by atoms with E-state index in [0.717, 1.165) is 0 Å². The van der Waals surface area contributed by atoms with Gasteiger partial charge in [-0.25, -0.2) is 4.98 Å². The van der Waals surface area contributed by atoms with Crippen LogP contribution in [0.2, 0.25) is 0 Å². The zero-order chi connectivity index (χ0) is 13.8. The number of nitrogens with zero attached hydrogens (tertiary/aromatic N) is 6. The number of hydrogen-bond donors (Lipinski definition) is 0. The molecule has 1 unspecified atom stereocenters. The van der Waals surface area contributed by atoms with Crippen LogP contribution in [-0.2, 0) is 4.79 Å². The highest BCUT2D eigenvalue weighted by Gasteiger charge is 2.31. The molecule has 1 atom stereocenters. The van der Waals surface area contributed by atoms with Gasteiger partial charge in [-0.1, -0.05) is 5.11 Å². The molecule has 2 rings (SSSR count). The molecule has 1 saturated heterocycles. The van der Waals surface area contributed by atoms with E-state index < -0.39 is 4.92 Å². The smallest absolute Gasteiger partial charge is 0.274 e. The molecule has 1 aromatic rings. The van der Waals surface area contributed by atoms with Crippen LogP contribution in [0.3, 0.4) is 0 Å². The molecule has 1 amide bonds. The average molecular weight is 262 g/mol. The van der Waals surface area contributed by atoms with Gasteiger partial charge >= 0.3 is 0 Å². The van der Waals surface area contributed by atoms with E-state index in [0.29, 0.717) is 6.54 Å². The fourth-order valence-corrected chi connectivity index (χ4v) is 1.95. The van der Waals surface area contributed by atoms with Crippen molar-refractivity contribution >= 4 is 17.4 Å². The van der Waals surface area contributed by atoms with Gasteiger partial charge in [0.1, 0.15) is 5.82 Å². The van der Waals surface area contributed by atoms with Gasteiger partial charge in [-0.05, 0) is 11.4 Å². The van der Waals surface area contributed by atoms with Gasteiger partial charge in [-0.3, -0.25) is 19.8 Å². The summed E-state index contributed by atoms with van der Waals surface area (Å²) in [6.07, 6.45) is 1.55. The molecule has 0 saturated carbocycles.